The third-order valence-electron chi connectivity index (χ3n) is 6.69. The molecule has 2 unspecified atom stereocenters. The van der Waals surface area contributed by atoms with Crippen LogP contribution in [0.1, 0.15) is 75.5 Å². The molecule has 4 nitrogen and oxygen atoms in total. The number of halogens is 2. The summed E-state index contributed by atoms with van der Waals surface area (Å²) in [7, 11) is 0. The zero-order valence-corrected chi connectivity index (χ0v) is 19.8. The molecule has 3 rings (SSSR count). The third kappa shape index (κ3) is 6.84. The lowest BCUT2D eigenvalue weighted by Gasteiger charge is -2.40. The van der Waals surface area contributed by atoms with Gasteiger partial charge in [-0.1, -0.05) is 57.4 Å². The van der Waals surface area contributed by atoms with E-state index in [9.17, 15) is 18.7 Å². The van der Waals surface area contributed by atoms with E-state index in [1.54, 1.807) is 0 Å². The Morgan fingerprint density at radius 2 is 1.73 bits per heavy atom. The molecule has 0 radical (unpaired) electrons. The molecule has 0 aliphatic heterocycles. The molecule has 1 fully saturated rings. The van der Waals surface area contributed by atoms with Gasteiger partial charge < -0.3 is 15.7 Å². The number of benzene rings is 2. The molecular weight excluding hydrogens is 422 g/mol. The van der Waals surface area contributed by atoms with Crippen LogP contribution >= 0.6 is 0 Å². The number of aliphatic hydroxyl groups excluding tert-OH is 1. The van der Waals surface area contributed by atoms with E-state index in [1.807, 2.05) is 0 Å². The number of rotatable bonds is 9. The molecule has 2 aromatic rings. The highest BCUT2D eigenvalue weighted by molar-refractivity contribution is 5.73. The second kappa shape index (κ2) is 11.2. The fourth-order valence-electron chi connectivity index (χ4n) is 4.89. The molecule has 2 aromatic carbocycles. The summed E-state index contributed by atoms with van der Waals surface area (Å²) in [6, 6.07) is 11.3. The minimum atomic E-state index is -0.924. The molecule has 2 atom stereocenters. The summed E-state index contributed by atoms with van der Waals surface area (Å²) in [5, 5.41) is 17.4. The highest BCUT2D eigenvalue weighted by Crippen LogP contribution is 2.38. The van der Waals surface area contributed by atoms with Gasteiger partial charge in [0, 0.05) is 25.1 Å². The summed E-state index contributed by atoms with van der Waals surface area (Å²) in [6.07, 6.45) is 4.55. The van der Waals surface area contributed by atoms with E-state index in [1.165, 1.54) is 36.6 Å². The number of hydrogen-bond acceptors (Lipinski definition) is 3. The van der Waals surface area contributed by atoms with Crippen molar-refractivity contribution < 1.29 is 18.7 Å². The van der Waals surface area contributed by atoms with E-state index >= 15 is 0 Å². The van der Waals surface area contributed by atoms with E-state index in [2.05, 4.69) is 48.7 Å². The lowest BCUT2D eigenvalue weighted by Crippen LogP contribution is -2.53. The fourth-order valence-corrected chi connectivity index (χ4v) is 4.89. The van der Waals surface area contributed by atoms with Crippen LogP contribution in [0.25, 0.3) is 0 Å². The molecule has 1 saturated carbocycles. The molecule has 1 aliphatic rings. The van der Waals surface area contributed by atoms with Gasteiger partial charge in [-0.05, 0) is 54.0 Å². The monoisotopic (exact) mass is 458 g/mol. The van der Waals surface area contributed by atoms with Crippen molar-refractivity contribution in [3.8, 4) is 0 Å². The van der Waals surface area contributed by atoms with Gasteiger partial charge in [-0.3, -0.25) is 4.79 Å². The third-order valence-corrected chi connectivity index (χ3v) is 6.69. The maximum absolute atomic E-state index is 13.7. The van der Waals surface area contributed by atoms with Crippen molar-refractivity contribution in [3.05, 3.63) is 70.8 Å². The predicted molar refractivity (Wildman–Crippen MR) is 127 cm³/mol. The van der Waals surface area contributed by atoms with Crippen LogP contribution in [0.3, 0.4) is 0 Å². The van der Waals surface area contributed by atoms with Crippen molar-refractivity contribution in [1.82, 2.24) is 10.6 Å². The maximum atomic E-state index is 13.7. The zero-order chi connectivity index (χ0) is 24.0. The largest absolute Gasteiger partial charge is 0.390 e. The van der Waals surface area contributed by atoms with Gasteiger partial charge in [-0.15, -0.1) is 0 Å². The number of amides is 1. The summed E-state index contributed by atoms with van der Waals surface area (Å²) in [5.41, 5.74) is 2.66. The van der Waals surface area contributed by atoms with Crippen molar-refractivity contribution in [1.29, 1.82) is 0 Å². The first-order valence-corrected chi connectivity index (χ1v) is 11.9. The summed E-state index contributed by atoms with van der Waals surface area (Å²) in [4.78, 5) is 11.8. The summed E-state index contributed by atoms with van der Waals surface area (Å²) in [5.74, 6) is -1.23. The average Bonchev–Trinajstić information content (AvgIpc) is 2.77. The number of carbonyl (C=O) groups is 1. The first kappa shape index (κ1) is 25.3. The minimum Gasteiger partial charge on any atom is -0.390 e. The Hall–Kier alpha value is -2.31. The lowest BCUT2D eigenvalue weighted by molar-refractivity contribution is -0.120. The van der Waals surface area contributed by atoms with Gasteiger partial charge in [-0.25, -0.2) is 8.78 Å². The van der Waals surface area contributed by atoms with Crippen molar-refractivity contribution in [2.24, 2.45) is 0 Å². The average molecular weight is 459 g/mol. The Bertz CT molecular complexity index is 921. The van der Waals surface area contributed by atoms with Crippen LogP contribution in [-0.4, -0.2) is 29.7 Å². The molecule has 0 spiro atoms. The molecule has 180 valence electrons. The van der Waals surface area contributed by atoms with E-state index in [-0.39, 0.29) is 24.4 Å². The quantitative estimate of drug-likeness (QED) is 0.499. The van der Waals surface area contributed by atoms with Gasteiger partial charge in [0.15, 0.2) is 0 Å². The van der Waals surface area contributed by atoms with E-state index < -0.39 is 23.8 Å². The number of nitrogens with one attached hydrogen (secondary N) is 2. The van der Waals surface area contributed by atoms with Crippen LogP contribution in [0.15, 0.2) is 42.5 Å². The van der Waals surface area contributed by atoms with Crippen molar-refractivity contribution in [2.45, 2.75) is 82.9 Å². The van der Waals surface area contributed by atoms with Crippen LogP contribution < -0.4 is 10.6 Å². The normalized spacial score (nSPS) is 17.5. The van der Waals surface area contributed by atoms with Crippen molar-refractivity contribution in [3.63, 3.8) is 0 Å². The van der Waals surface area contributed by atoms with Gasteiger partial charge in [-0.2, -0.15) is 0 Å². The van der Waals surface area contributed by atoms with Crippen LogP contribution in [0, 0.1) is 11.6 Å². The van der Waals surface area contributed by atoms with E-state index in [0.717, 1.165) is 31.7 Å². The SMILES string of the molecule is CC(=O)NC(Cc1cc(F)cc(F)c1)C(O)CNC1(c2cccc(C(C)C)c2)CCCCC1. The highest BCUT2D eigenvalue weighted by atomic mass is 19.1. The van der Waals surface area contributed by atoms with Crippen LogP contribution in [-0.2, 0) is 16.8 Å². The molecule has 3 N–H and O–H groups in total. The smallest absolute Gasteiger partial charge is 0.217 e. The first-order valence-electron chi connectivity index (χ1n) is 11.9. The standard InChI is InChI=1S/C27H36F2N2O2/c1-18(2)21-8-7-9-22(15-21)27(10-5-4-6-11-27)30-17-26(33)25(31-19(3)32)14-20-12-23(28)16-24(29)13-20/h7-9,12-13,15-16,18,25-26,30,33H,4-6,10-11,14,17H2,1-3H3,(H,31,32). The predicted octanol–water partition coefficient (Wildman–Crippen LogP) is 4.95. The highest BCUT2D eigenvalue weighted by Gasteiger charge is 2.35. The van der Waals surface area contributed by atoms with Gasteiger partial charge in [0.25, 0.3) is 0 Å². The molecule has 0 heterocycles. The second-order valence-corrected chi connectivity index (χ2v) is 9.66. The van der Waals surface area contributed by atoms with Crippen LogP contribution in [0.4, 0.5) is 8.78 Å². The van der Waals surface area contributed by atoms with Crippen LogP contribution in [0.2, 0.25) is 0 Å². The number of hydrogen-bond donors (Lipinski definition) is 3. The summed E-state index contributed by atoms with van der Waals surface area (Å²) < 4.78 is 27.3. The summed E-state index contributed by atoms with van der Waals surface area (Å²) >= 11 is 0. The molecule has 1 amide bonds. The lowest BCUT2D eigenvalue weighted by atomic mass is 9.75. The zero-order valence-electron chi connectivity index (χ0n) is 19.8. The molecular formula is C27H36F2N2O2. The minimum absolute atomic E-state index is 0.132. The topological polar surface area (TPSA) is 61.4 Å². The Kier molecular flexibility index (Phi) is 8.60. The number of aliphatic hydroxyl groups is 1. The van der Waals surface area contributed by atoms with Crippen molar-refractivity contribution in [2.75, 3.05) is 6.54 Å². The van der Waals surface area contributed by atoms with E-state index in [0.29, 0.717) is 11.5 Å². The second-order valence-electron chi connectivity index (χ2n) is 9.66. The Morgan fingerprint density at radius 1 is 1.06 bits per heavy atom. The fraction of sp³-hybridized carbons (Fsp3) is 0.519. The van der Waals surface area contributed by atoms with Gasteiger partial charge in [0.2, 0.25) is 5.91 Å². The van der Waals surface area contributed by atoms with E-state index in [4.69, 9.17) is 0 Å². The van der Waals surface area contributed by atoms with Gasteiger partial charge >= 0.3 is 0 Å². The maximum Gasteiger partial charge on any atom is 0.217 e. The van der Waals surface area contributed by atoms with Gasteiger partial charge in [0.1, 0.15) is 11.6 Å². The molecule has 0 saturated heterocycles. The molecule has 33 heavy (non-hydrogen) atoms. The Morgan fingerprint density at radius 3 is 2.33 bits per heavy atom. The first-order chi connectivity index (χ1) is 15.7. The number of carbonyl (C=O) groups excluding carboxylic acids is 1. The molecule has 0 bridgehead atoms. The molecule has 0 aromatic heterocycles. The van der Waals surface area contributed by atoms with Crippen LogP contribution in [0.5, 0.6) is 0 Å². The molecule has 1 aliphatic carbocycles. The Balaban J connectivity index is 1.78. The molecule has 6 heteroatoms. The van der Waals surface area contributed by atoms with Crippen molar-refractivity contribution >= 4 is 5.91 Å². The van der Waals surface area contributed by atoms with Gasteiger partial charge in [0.05, 0.1) is 12.1 Å². The summed E-state index contributed by atoms with van der Waals surface area (Å²) in [6.45, 7) is 5.99. The Labute approximate surface area is 195 Å².